The van der Waals surface area contributed by atoms with Crippen molar-refractivity contribution in [2.24, 2.45) is 10.6 Å². The second-order valence-corrected chi connectivity index (χ2v) is 7.39. The van der Waals surface area contributed by atoms with Gasteiger partial charge in [-0.3, -0.25) is 0 Å². The third-order valence-electron chi connectivity index (χ3n) is 3.79. The number of nitrogens with two attached hydrogens (primary N) is 1. The lowest BCUT2D eigenvalue weighted by molar-refractivity contribution is -0.0114. The molecule has 0 aromatic carbocycles. The summed E-state index contributed by atoms with van der Waals surface area (Å²) < 4.78 is 28.6. The van der Waals surface area contributed by atoms with Crippen molar-refractivity contribution in [1.29, 1.82) is 0 Å². The molecule has 1 aliphatic rings. The minimum Gasteiger partial charge on any atom is -0.378 e. The van der Waals surface area contributed by atoms with Crippen LogP contribution in [-0.4, -0.2) is 26.9 Å². The van der Waals surface area contributed by atoms with Gasteiger partial charge in [-0.1, -0.05) is 32.6 Å². The molecule has 1 fully saturated rings. The van der Waals surface area contributed by atoms with Gasteiger partial charge in [0.25, 0.3) is 0 Å². The van der Waals surface area contributed by atoms with Crippen LogP contribution < -0.4 is 5.14 Å². The standard InChI is InChI=1S/C13H27NO3S/c1-3-7-12(2)17-10-13(11-18(14,15)16)8-5-4-6-9-13/h12H,3-11H2,1-2H3,(H2,14,15,16). The van der Waals surface area contributed by atoms with Crippen molar-refractivity contribution in [3.63, 3.8) is 0 Å². The molecule has 2 N–H and O–H groups in total. The third kappa shape index (κ3) is 5.67. The molecule has 0 aliphatic heterocycles. The van der Waals surface area contributed by atoms with E-state index >= 15 is 0 Å². The molecule has 18 heavy (non-hydrogen) atoms. The van der Waals surface area contributed by atoms with E-state index in [2.05, 4.69) is 13.8 Å². The fourth-order valence-electron chi connectivity index (χ4n) is 2.87. The largest absolute Gasteiger partial charge is 0.378 e. The predicted molar refractivity (Wildman–Crippen MR) is 73.8 cm³/mol. The van der Waals surface area contributed by atoms with Gasteiger partial charge in [0.05, 0.1) is 18.5 Å². The van der Waals surface area contributed by atoms with Gasteiger partial charge in [0, 0.05) is 5.41 Å². The van der Waals surface area contributed by atoms with Gasteiger partial charge in [-0.2, -0.15) is 0 Å². The Morgan fingerprint density at radius 1 is 1.28 bits per heavy atom. The van der Waals surface area contributed by atoms with E-state index in [1.807, 2.05) is 0 Å². The van der Waals surface area contributed by atoms with Crippen LogP contribution in [0.3, 0.4) is 0 Å². The second kappa shape index (κ2) is 6.87. The van der Waals surface area contributed by atoms with Crippen LogP contribution in [0.5, 0.6) is 0 Å². The number of hydrogen-bond acceptors (Lipinski definition) is 3. The number of ether oxygens (including phenoxy) is 1. The highest BCUT2D eigenvalue weighted by molar-refractivity contribution is 7.89. The summed E-state index contributed by atoms with van der Waals surface area (Å²) in [7, 11) is -3.42. The summed E-state index contributed by atoms with van der Waals surface area (Å²) in [6, 6.07) is 0. The zero-order chi connectivity index (χ0) is 13.6. The molecule has 1 saturated carbocycles. The first-order valence-electron chi connectivity index (χ1n) is 6.99. The van der Waals surface area contributed by atoms with Crippen molar-refractivity contribution in [1.82, 2.24) is 0 Å². The Balaban J connectivity index is 2.60. The van der Waals surface area contributed by atoms with Gasteiger partial charge in [0.1, 0.15) is 0 Å². The van der Waals surface area contributed by atoms with Gasteiger partial charge < -0.3 is 4.74 Å². The Hall–Kier alpha value is -0.130. The van der Waals surface area contributed by atoms with Crippen molar-refractivity contribution in [2.75, 3.05) is 12.4 Å². The summed E-state index contributed by atoms with van der Waals surface area (Å²) in [5.74, 6) is 0.0683. The van der Waals surface area contributed by atoms with Gasteiger partial charge in [-0.05, 0) is 26.2 Å². The zero-order valence-electron chi connectivity index (χ0n) is 11.7. The second-order valence-electron chi connectivity index (χ2n) is 5.78. The van der Waals surface area contributed by atoms with Crippen molar-refractivity contribution in [2.45, 2.75) is 64.9 Å². The molecule has 1 rings (SSSR count). The first-order chi connectivity index (χ1) is 8.37. The molecule has 0 heterocycles. The Morgan fingerprint density at radius 3 is 2.39 bits per heavy atom. The van der Waals surface area contributed by atoms with E-state index in [4.69, 9.17) is 9.88 Å². The maximum Gasteiger partial charge on any atom is 0.209 e. The Labute approximate surface area is 111 Å². The van der Waals surface area contributed by atoms with Gasteiger partial charge >= 0.3 is 0 Å². The first kappa shape index (κ1) is 15.9. The molecule has 108 valence electrons. The maximum absolute atomic E-state index is 11.4. The summed E-state index contributed by atoms with van der Waals surface area (Å²) in [6.45, 7) is 4.71. The van der Waals surface area contributed by atoms with Crippen LogP contribution >= 0.6 is 0 Å². The Morgan fingerprint density at radius 2 is 1.89 bits per heavy atom. The van der Waals surface area contributed by atoms with Crippen molar-refractivity contribution in [3.05, 3.63) is 0 Å². The van der Waals surface area contributed by atoms with Crippen LogP contribution in [0, 0.1) is 5.41 Å². The molecule has 4 nitrogen and oxygen atoms in total. The molecule has 0 saturated heterocycles. The molecule has 0 aromatic rings. The number of sulfonamides is 1. The minimum absolute atomic E-state index is 0.0683. The van der Waals surface area contributed by atoms with Crippen LogP contribution in [0.1, 0.15) is 58.8 Å². The topological polar surface area (TPSA) is 69.4 Å². The molecule has 0 spiro atoms. The molecule has 1 unspecified atom stereocenters. The van der Waals surface area contributed by atoms with E-state index < -0.39 is 10.0 Å². The van der Waals surface area contributed by atoms with Gasteiger partial charge in [-0.25, -0.2) is 13.6 Å². The zero-order valence-corrected chi connectivity index (χ0v) is 12.5. The molecule has 0 aromatic heterocycles. The lowest BCUT2D eigenvalue weighted by atomic mass is 9.76. The van der Waals surface area contributed by atoms with E-state index in [9.17, 15) is 8.42 Å². The normalized spacial score (nSPS) is 21.7. The number of hydrogen-bond donors (Lipinski definition) is 1. The van der Waals surface area contributed by atoms with E-state index in [0.717, 1.165) is 38.5 Å². The quantitative estimate of drug-likeness (QED) is 0.777. The van der Waals surface area contributed by atoms with Crippen LogP contribution in [0.25, 0.3) is 0 Å². The average Bonchev–Trinajstić information content (AvgIpc) is 2.26. The highest BCUT2D eigenvalue weighted by atomic mass is 32.2. The summed E-state index contributed by atoms with van der Waals surface area (Å²) in [6.07, 6.45) is 7.51. The average molecular weight is 277 g/mol. The number of primary sulfonamides is 1. The molecular formula is C13H27NO3S. The van der Waals surface area contributed by atoms with Crippen LogP contribution in [0.15, 0.2) is 0 Å². The highest BCUT2D eigenvalue weighted by Crippen LogP contribution is 2.37. The van der Waals surface area contributed by atoms with Crippen molar-refractivity contribution < 1.29 is 13.2 Å². The molecule has 1 aliphatic carbocycles. The smallest absolute Gasteiger partial charge is 0.209 e. The van der Waals surface area contributed by atoms with E-state index in [1.54, 1.807) is 0 Å². The lowest BCUT2D eigenvalue weighted by Gasteiger charge is -2.37. The van der Waals surface area contributed by atoms with Gasteiger partial charge in [0.15, 0.2) is 0 Å². The monoisotopic (exact) mass is 277 g/mol. The summed E-state index contributed by atoms with van der Waals surface area (Å²) >= 11 is 0. The summed E-state index contributed by atoms with van der Waals surface area (Å²) in [5.41, 5.74) is -0.242. The summed E-state index contributed by atoms with van der Waals surface area (Å²) in [5, 5.41) is 5.23. The number of rotatable bonds is 7. The van der Waals surface area contributed by atoms with E-state index in [-0.39, 0.29) is 17.3 Å². The van der Waals surface area contributed by atoms with Gasteiger partial charge in [0.2, 0.25) is 10.0 Å². The Kier molecular flexibility index (Phi) is 6.08. The van der Waals surface area contributed by atoms with E-state index in [0.29, 0.717) is 6.61 Å². The highest BCUT2D eigenvalue weighted by Gasteiger charge is 2.36. The third-order valence-corrected chi connectivity index (χ3v) is 4.81. The van der Waals surface area contributed by atoms with Crippen LogP contribution in [0.4, 0.5) is 0 Å². The van der Waals surface area contributed by atoms with Crippen molar-refractivity contribution in [3.8, 4) is 0 Å². The molecule has 0 bridgehead atoms. The fourth-order valence-corrected chi connectivity index (χ4v) is 4.09. The fraction of sp³-hybridized carbons (Fsp3) is 1.00. The predicted octanol–water partition coefficient (Wildman–Crippen LogP) is 2.43. The molecule has 0 radical (unpaired) electrons. The van der Waals surface area contributed by atoms with Crippen molar-refractivity contribution >= 4 is 10.0 Å². The molecular weight excluding hydrogens is 250 g/mol. The molecule has 0 amide bonds. The summed E-state index contributed by atoms with van der Waals surface area (Å²) in [4.78, 5) is 0. The maximum atomic E-state index is 11.4. The lowest BCUT2D eigenvalue weighted by Crippen LogP contribution is -2.40. The van der Waals surface area contributed by atoms with Gasteiger partial charge in [-0.15, -0.1) is 0 Å². The first-order valence-corrected chi connectivity index (χ1v) is 8.70. The SMILES string of the molecule is CCCC(C)OCC1(CS(N)(=O)=O)CCCCC1. The molecule has 5 heteroatoms. The van der Waals surface area contributed by atoms with Crippen LogP contribution in [-0.2, 0) is 14.8 Å². The van der Waals surface area contributed by atoms with E-state index in [1.165, 1.54) is 6.42 Å². The minimum atomic E-state index is -3.42. The molecule has 1 atom stereocenters. The van der Waals surface area contributed by atoms with Crippen LogP contribution in [0.2, 0.25) is 0 Å². The Bertz CT molecular complexity index is 334.